The number of ether oxygens (including phenoxy) is 2. The van der Waals surface area contributed by atoms with E-state index in [9.17, 15) is 10.2 Å². The summed E-state index contributed by atoms with van der Waals surface area (Å²) < 4.78 is 19.2. The molecule has 1 aliphatic heterocycles. The maximum absolute atomic E-state index is 11.1. The highest BCUT2D eigenvalue weighted by molar-refractivity contribution is 6.99. The molecule has 0 aromatic heterocycles. The summed E-state index contributed by atoms with van der Waals surface area (Å²) in [5.74, 6) is 0. The summed E-state index contributed by atoms with van der Waals surface area (Å²) in [6.45, 7) is 6.79. The Kier molecular flexibility index (Phi) is 7.91. The number of rotatable bonds is 9. The van der Waals surface area contributed by atoms with Gasteiger partial charge >= 0.3 is 0 Å². The zero-order chi connectivity index (χ0) is 24.9. The first-order valence-electron chi connectivity index (χ1n) is 12.2. The second kappa shape index (κ2) is 10.7. The smallest absolute Gasteiger partial charge is 0.261 e. The van der Waals surface area contributed by atoms with Crippen LogP contribution in [0, 0.1) is 0 Å². The van der Waals surface area contributed by atoms with Crippen LogP contribution in [0.5, 0.6) is 0 Å². The molecular formula is C29H36O5Si. The number of aliphatic hydroxyl groups excluding tert-OH is 1. The highest BCUT2D eigenvalue weighted by Crippen LogP contribution is 2.38. The minimum atomic E-state index is -2.77. The van der Waals surface area contributed by atoms with E-state index in [1.807, 2.05) is 42.5 Å². The molecule has 4 rings (SSSR count). The second-order valence-corrected chi connectivity index (χ2v) is 14.6. The van der Waals surface area contributed by atoms with E-state index in [-0.39, 0.29) is 18.3 Å². The van der Waals surface area contributed by atoms with E-state index < -0.39 is 32.7 Å². The van der Waals surface area contributed by atoms with Crippen LogP contribution >= 0.6 is 0 Å². The molecule has 1 heterocycles. The van der Waals surface area contributed by atoms with Crippen LogP contribution in [0.3, 0.4) is 0 Å². The van der Waals surface area contributed by atoms with Crippen molar-refractivity contribution >= 4 is 18.7 Å². The largest absolute Gasteiger partial charge is 0.405 e. The zero-order valence-electron chi connectivity index (χ0n) is 20.8. The quantitative estimate of drug-likeness (QED) is 0.449. The van der Waals surface area contributed by atoms with Gasteiger partial charge in [-0.15, -0.1) is 0 Å². The summed E-state index contributed by atoms with van der Waals surface area (Å²) in [4.78, 5) is 0. The summed E-state index contributed by atoms with van der Waals surface area (Å²) in [6, 6.07) is 30.6. The van der Waals surface area contributed by atoms with Gasteiger partial charge in [0.15, 0.2) is 0 Å². The molecular weight excluding hydrogens is 456 g/mol. The molecule has 0 saturated carbocycles. The third kappa shape index (κ3) is 5.28. The van der Waals surface area contributed by atoms with Crippen LogP contribution in [0.25, 0.3) is 0 Å². The topological polar surface area (TPSA) is 68.2 Å². The van der Waals surface area contributed by atoms with Crippen molar-refractivity contribution in [2.45, 2.75) is 50.2 Å². The fourth-order valence-electron chi connectivity index (χ4n) is 5.03. The summed E-state index contributed by atoms with van der Waals surface area (Å²) in [5, 5.41) is 23.2. The van der Waals surface area contributed by atoms with Gasteiger partial charge in [-0.3, -0.25) is 0 Å². The molecule has 0 aliphatic carbocycles. The zero-order valence-corrected chi connectivity index (χ0v) is 21.8. The predicted molar refractivity (Wildman–Crippen MR) is 140 cm³/mol. The molecule has 1 saturated heterocycles. The van der Waals surface area contributed by atoms with E-state index in [4.69, 9.17) is 13.9 Å². The van der Waals surface area contributed by atoms with Gasteiger partial charge in [0.2, 0.25) is 0 Å². The monoisotopic (exact) mass is 492 g/mol. The van der Waals surface area contributed by atoms with E-state index >= 15 is 0 Å². The van der Waals surface area contributed by atoms with Crippen molar-refractivity contribution in [3.63, 3.8) is 0 Å². The highest BCUT2D eigenvalue weighted by atomic mass is 28.4. The number of benzene rings is 3. The molecule has 3 aromatic rings. The maximum Gasteiger partial charge on any atom is 0.261 e. The molecule has 1 fully saturated rings. The van der Waals surface area contributed by atoms with Crippen LogP contribution in [0.15, 0.2) is 91.0 Å². The maximum atomic E-state index is 11.1. The molecule has 3 aromatic carbocycles. The molecule has 0 unspecified atom stereocenters. The van der Waals surface area contributed by atoms with Gasteiger partial charge in [0.1, 0.15) is 17.8 Å². The molecule has 186 valence electrons. The van der Waals surface area contributed by atoms with Crippen molar-refractivity contribution in [2.75, 3.05) is 19.8 Å². The number of hydrogen-bond donors (Lipinski definition) is 2. The van der Waals surface area contributed by atoms with Crippen LogP contribution in [-0.2, 0) is 20.5 Å². The Morgan fingerprint density at radius 3 is 1.89 bits per heavy atom. The van der Waals surface area contributed by atoms with E-state index in [1.54, 1.807) is 0 Å². The van der Waals surface area contributed by atoms with Gasteiger partial charge < -0.3 is 24.1 Å². The summed E-state index contributed by atoms with van der Waals surface area (Å²) in [6.07, 6.45) is -1.23. The minimum Gasteiger partial charge on any atom is -0.405 e. The highest BCUT2D eigenvalue weighted by Gasteiger charge is 2.54. The number of hydrogen-bond acceptors (Lipinski definition) is 5. The molecule has 0 amide bonds. The Hall–Kier alpha value is -2.32. The van der Waals surface area contributed by atoms with Crippen molar-refractivity contribution in [1.82, 2.24) is 0 Å². The first-order valence-corrected chi connectivity index (χ1v) is 14.1. The van der Waals surface area contributed by atoms with Crippen LogP contribution in [0.4, 0.5) is 0 Å². The van der Waals surface area contributed by atoms with Crippen molar-refractivity contribution in [2.24, 2.45) is 0 Å². The lowest BCUT2D eigenvalue weighted by atomic mass is 9.97. The van der Waals surface area contributed by atoms with Crippen molar-refractivity contribution in [3.05, 3.63) is 96.6 Å². The van der Waals surface area contributed by atoms with Crippen LogP contribution in [-0.4, -0.2) is 56.2 Å². The van der Waals surface area contributed by atoms with Crippen molar-refractivity contribution in [1.29, 1.82) is 0 Å². The van der Waals surface area contributed by atoms with Crippen molar-refractivity contribution in [3.8, 4) is 0 Å². The third-order valence-electron chi connectivity index (χ3n) is 6.84. The molecule has 6 heteroatoms. The Morgan fingerprint density at radius 2 is 1.40 bits per heavy atom. The SMILES string of the molecule is CC(C)(C)[Si](OC[C@H]1OC[C@](O)(CO)[C@H]1OCc1ccccc1)(c1ccccc1)c1ccccc1. The summed E-state index contributed by atoms with van der Waals surface area (Å²) >= 11 is 0. The van der Waals surface area contributed by atoms with Crippen LogP contribution < -0.4 is 10.4 Å². The Bertz CT molecular complexity index is 1020. The van der Waals surface area contributed by atoms with Gasteiger partial charge in [0.05, 0.1) is 26.4 Å². The van der Waals surface area contributed by atoms with Crippen molar-refractivity contribution < 1.29 is 24.1 Å². The van der Waals surface area contributed by atoms with Crippen LogP contribution in [0.2, 0.25) is 5.04 Å². The van der Waals surface area contributed by atoms with Gasteiger partial charge in [0, 0.05) is 0 Å². The van der Waals surface area contributed by atoms with E-state index in [0.29, 0.717) is 6.61 Å². The van der Waals surface area contributed by atoms with Gasteiger partial charge in [0.25, 0.3) is 8.32 Å². The average molecular weight is 493 g/mol. The molecule has 1 aliphatic rings. The lowest BCUT2D eigenvalue weighted by Gasteiger charge is -2.43. The predicted octanol–water partition coefficient (Wildman–Crippen LogP) is 3.27. The molecule has 35 heavy (non-hydrogen) atoms. The van der Waals surface area contributed by atoms with E-state index in [1.165, 1.54) is 10.4 Å². The lowest BCUT2D eigenvalue weighted by molar-refractivity contribution is -0.120. The standard InChI is InChI=1S/C29H36O5Si/c1-28(2,3)35(24-15-9-5-10-16-24,25-17-11-6-12-18-25)34-20-26-27(29(31,21-30)22-33-26)32-19-23-13-7-4-8-14-23/h4-18,26-27,30-31H,19-22H2,1-3H3/t26-,27+,29-/m1/s1. The third-order valence-corrected chi connectivity index (χ3v) is 11.8. The number of aliphatic hydroxyl groups is 2. The molecule has 0 spiro atoms. The molecule has 0 bridgehead atoms. The van der Waals surface area contributed by atoms with Gasteiger partial charge in [-0.05, 0) is 21.0 Å². The first-order chi connectivity index (χ1) is 16.8. The Morgan fingerprint density at radius 1 is 0.886 bits per heavy atom. The van der Waals surface area contributed by atoms with Gasteiger partial charge in [-0.2, -0.15) is 0 Å². The van der Waals surface area contributed by atoms with Gasteiger partial charge in [-0.25, -0.2) is 0 Å². The fraction of sp³-hybridized carbons (Fsp3) is 0.379. The van der Waals surface area contributed by atoms with Crippen LogP contribution in [0.1, 0.15) is 26.3 Å². The molecule has 0 radical (unpaired) electrons. The minimum absolute atomic E-state index is 0.00225. The molecule has 5 nitrogen and oxygen atoms in total. The average Bonchev–Trinajstić information content (AvgIpc) is 3.20. The second-order valence-electron chi connectivity index (χ2n) is 10.3. The Labute approximate surface area is 209 Å². The fourth-order valence-corrected chi connectivity index (χ4v) is 9.60. The Balaban J connectivity index is 1.64. The first kappa shape index (κ1) is 25.8. The van der Waals surface area contributed by atoms with E-state index in [0.717, 1.165) is 5.56 Å². The lowest BCUT2D eigenvalue weighted by Crippen LogP contribution is -2.67. The summed E-state index contributed by atoms with van der Waals surface area (Å²) in [5.41, 5.74) is -0.486. The normalized spacial score (nSPS) is 22.9. The molecule has 2 N–H and O–H groups in total. The summed E-state index contributed by atoms with van der Waals surface area (Å²) in [7, 11) is -2.77. The van der Waals surface area contributed by atoms with E-state index in [2.05, 4.69) is 69.3 Å². The van der Waals surface area contributed by atoms with Gasteiger partial charge in [-0.1, -0.05) is 112 Å². The molecule has 3 atom stereocenters.